The lowest BCUT2D eigenvalue weighted by Gasteiger charge is -2.15. The Bertz CT molecular complexity index is 1040. The molecule has 2 atom stereocenters. The number of hydrogen-bond donors (Lipinski definition) is 3. The van der Waals surface area contributed by atoms with E-state index in [1.807, 2.05) is 49.3 Å². The van der Waals surface area contributed by atoms with E-state index in [0.29, 0.717) is 5.56 Å². The molecule has 2 unspecified atom stereocenters. The van der Waals surface area contributed by atoms with Gasteiger partial charge in [-0.25, -0.2) is 10.9 Å². The lowest BCUT2D eigenvalue weighted by atomic mass is 10.1. The van der Waals surface area contributed by atoms with Gasteiger partial charge in [-0.2, -0.15) is 0 Å². The predicted octanol–water partition coefficient (Wildman–Crippen LogP) is 3.03. The topological polar surface area (TPSA) is 70.6 Å². The first kappa shape index (κ1) is 20.3. The number of benzene rings is 2. The fourth-order valence-corrected chi connectivity index (χ4v) is 4.04. The number of nitrogens with zero attached hydrogens (tertiary/aromatic N) is 2. The third-order valence-corrected chi connectivity index (χ3v) is 5.67. The standard InChI is InChI=1S/C23H29N5O2/c1-5-28-20-11-10-18(30-4)12-16(20)13-21(28)19-14-22(26-25-19)24-23(29)15-6-8-17(9-7-15)27(2)3/h6-13,19,22,25-26H,5,14H2,1-4H3,(H,24,29). The lowest BCUT2D eigenvalue weighted by Crippen LogP contribution is -2.44. The summed E-state index contributed by atoms with van der Waals surface area (Å²) in [6, 6.07) is 16.1. The molecule has 2 aromatic carbocycles. The van der Waals surface area contributed by atoms with Crippen molar-refractivity contribution >= 4 is 22.5 Å². The second-order valence-electron chi connectivity index (χ2n) is 7.78. The van der Waals surface area contributed by atoms with Crippen molar-refractivity contribution in [1.82, 2.24) is 20.7 Å². The Balaban J connectivity index is 1.47. The Labute approximate surface area is 177 Å². The van der Waals surface area contributed by atoms with Crippen molar-refractivity contribution in [3.05, 3.63) is 59.8 Å². The molecule has 1 saturated heterocycles. The van der Waals surface area contributed by atoms with Crippen LogP contribution in [0.4, 0.5) is 5.69 Å². The minimum Gasteiger partial charge on any atom is -0.497 e. The molecule has 1 aromatic heterocycles. The van der Waals surface area contributed by atoms with E-state index in [1.54, 1.807) is 7.11 Å². The molecule has 158 valence electrons. The molecule has 2 heterocycles. The first-order chi connectivity index (χ1) is 14.5. The van der Waals surface area contributed by atoms with Gasteiger partial charge in [0.25, 0.3) is 5.91 Å². The average molecular weight is 408 g/mol. The molecule has 0 saturated carbocycles. The molecule has 0 spiro atoms. The molecule has 1 aliphatic rings. The highest BCUT2D eigenvalue weighted by molar-refractivity contribution is 5.94. The van der Waals surface area contributed by atoms with Gasteiger partial charge in [0, 0.05) is 54.9 Å². The third-order valence-electron chi connectivity index (χ3n) is 5.67. The summed E-state index contributed by atoms with van der Waals surface area (Å²) in [5.74, 6) is 0.770. The minimum absolute atomic E-state index is 0.0824. The quantitative estimate of drug-likeness (QED) is 0.586. The van der Waals surface area contributed by atoms with Crippen molar-refractivity contribution in [3.8, 4) is 5.75 Å². The molecule has 1 amide bonds. The third kappa shape index (κ3) is 3.86. The van der Waals surface area contributed by atoms with Gasteiger partial charge in [-0.3, -0.25) is 4.79 Å². The van der Waals surface area contributed by atoms with E-state index in [9.17, 15) is 4.79 Å². The highest BCUT2D eigenvalue weighted by Crippen LogP contribution is 2.30. The number of carbonyl (C=O) groups excluding carboxylic acids is 1. The van der Waals surface area contributed by atoms with Gasteiger partial charge >= 0.3 is 0 Å². The van der Waals surface area contributed by atoms with Crippen molar-refractivity contribution in [2.45, 2.75) is 32.1 Å². The first-order valence-corrected chi connectivity index (χ1v) is 10.3. The maximum atomic E-state index is 12.6. The highest BCUT2D eigenvalue weighted by atomic mass is 16.5. The van der Waals surface area contributed by atoms with E-state index in [0.717, 1.165) is 29.8 Å². The average Bonchev–Trinajstić information content (AvgIpc) is 3.36. The fraction of sp³-hybridized carbons (Fsp3) is 0.348. The molecule has 30 heavy (non-hydrogen) atoms. The van der Waals surface area contributed by atoms with Gasteiger partial charge in [0.15, 0.2) is 0 Å². The van der Waals surface area contributed by atoms with E-state index in [4.69, 9.17) is 4.74 Å². The number of hydrazine groups is 1. The lowest BCUT2D eigenvalue weighted by molar-refractivity contribution is 0.0932. The molecule has 7 heteroatoms. The van der Waals surface area contributed by atoms with Gasteiger partial charge in [0.2, 0.25) is 0 Å². The van der Waals surface area contributed by atoms with E-state index >= 15 is 0 Å². The van der Waals surface area contributed by atoms with E-state index < -0.39 is 0 Å². The number of hydrogen-bond acceptors (Lipinski definition) is 5. The Morgan fingerprint density at radius 2 is 1.93 bits per heavy atom. The van der Waals surface area contributed by atoms with Crippen LogP contribution in [-0.4, -0.2) is 37.8 Å². The van der Waals surface area contributed by atoms with Gasteiger partial charge in [-0.15, -0.1) is 0 Å². The van der Waals surface area contributed by atoms with Crippen LogP contribution in [0.25, 0.3) is 10.9 Å². The predicted molar refractivity (Wildman–Crippen MR) is 120 cm³/mol. The van der Waals surface area contributed by atoms with Gasteiger partial charge in [-0.1, -0.05) is 0 Å². The van der Waals surface area contributed by atoms with Crippen LogP contribution in [0.1, 0.15) is 35.4 Å². The zero-order valence-corrected chi connectivity index (χ0v) is 17.9. The minimum atomic E-state index is -0.145. The zero-order valence-electron chi connectivity index (χ0n) is 17.9. The van der Waals surface area contributed by atoms with Crippen LogP contribution in [-0.2, 0) is 6.54 Å². The molecule has 3 aromatic rings. The van der Waals surface area contributed by atoms with Gasteiger partial charge in [0.1, 0.15) is 5.75 Å². The van der Waals surface area contributed by atoms with E-state index in [1.165, 1.54) is 11.2 Å². The number of carbonyl (C=O) groups is 1. The molecule has 1 fully saturated rings. The van der Waals surface area contributed by atoms with Crippen LogP contribution < -0.4 is 25.8 Å². The van der Waals surface area contributed by atoms with Crippen LogP contribution in [0.3, 0.4) is 0 Å². The molecule has 0 bridgehead atoms. The normalized spacial score (nSPS) is 18.5. The Morgan fingerprint density at radius 3 is 2.60 bits per heavy atom. The number of fused-ring (bicyclic) bond motifs is 1. The van der Waals surface area contributed by atoms with Crippen molar-refractivity contribution in [2.75, 3.05) is 26.1 Å². The van der Waals surface area contributed by atoms with Crippen molar-refractivity contribution in [3.63, 3.8) is 0 Å². The van der Waals surface area contributed by atoms with Crippen molar-refractivity contribution in [1.29, 1.82) is 0 Å². The number of amides is 1. The zero-order chi connectivity index (χ0) is 21.3. The highest BCUT2D eigenvalue weighted by Gasteiger charge is 2.29. The Kier molecular flexibility index (Phi) is 5.65. The van der Waals surface area contributed by atoms with Gasteiger partial charge in [0.05, 0.1) is 19.3 Å². The molecule has 4 rings (SSSR count). The largest absolute Gasteiger partial charge is 0.497 e. The maximum absolute atomic E-state index is 12.6. The van der Waals surface area contributed by atoms with Crippen LogP contribution in [0.5, 0.6) is 5.75 Å². The molecule has 1 aliphatic heterocycles. The molecule has 0 radical (unpaired) electrons. The van der Waals surface area contributed by atoms with Crippen molar-refractivity contribution in [2.24, 2.45) is 0 Å². The summed E-state index contributed by atoms with van der Waals surface area (Å²) in [7, 11) is 5.65. The second-order valence-corrected chi connectivity index (χ2v) is 7.78. The fourth-order valence-electron chi connectivity index (χ4n) is 4.04. The Morgan fingerprint density at radius 1 is 1.17 bits per heavy atom. The number of anilines is 1. The maximum Gasteiger partial charge on any atom is 0.252 e. The number of ether oxygens (including phenoxy) is 1. The smallest absolute Gasteiger partial charge is 0.252 e. The van der Waals surface area contributed by atoms with Gasteiger partial charge < -0.3 is 19.5 Å². The number of nitrogens with one attached hydrogen (secondary N) is 3. The molecular formula is C23H29N5O2. The molecule has 3 N–H and O–H groups in total. The van der Waals surface area contributed by atoms with E-state index in [2.05, 4.69) is 45.9 Å². The van der Waals surface area contributed by atoms with Gasteiger partial charge in [-0.05, 0) is 55.5 Å². The Hall–Kier alpha value is -3.03. The number of rotatable bonds is 6. The summed E-state index contributed by atoms with van der Waals surface area (Å²) >= 11 is 0. The summed E-state index contributed by atoms with van der Waals surface area (Å²) in [4.78, 5) is 14.7. The van der Waals surface area contributed by atoms with Crippen LogP contribution >= 0.6 is 0 Å². The molecular weight excluding hydrogens is 378 g/mol. The number of aromatic nitrogens is 1. The summed E-state index contributed by atoms with van der Waals surface area (Å²) in [6.45, 7) is 3.02. The summed E-state index contributed by atoms with van der Waals surface area (Å²) in [6.07, 6.45) is 0.614. The number of methoxy groups -OCH3 is 1. The second kappa shape index (κ2) is 8.38. The monoisotopic (exact) mass is 407 g/mol. The SMILES string of the molecule is CCn1c(C2CC(NC(=O)c3ccc(N(C)C)cc3)NN2)cc2cc(OC)ccc21. The van der Waals surface area contributed by atoms with Crippen LogP contribution in [0.15, 0.2) is 48.5 Å². The summed E-state index contributed by atoms with van der Waals surface area (Å²) in [5.41, 5.74) is 10.7. The van der Waals surface area contributed by atoms with Crippen molar-refractivity contribution < 1.29 is 9.53 Å². The molecule has 7 nitrogen and oxygen atoms in total. The first-order valence-electron chi connectivity index (χ1n) is 10.3. The van der Waals surface area contributed by atoms with Crippen LogP contribution in [0.2, 0.25) is 0 Å². The van der Waals surface area contributed by atoms with Crippen LogP contribution in [0, 0.1) is 0 Å². The summed E-state index contributed by atoms with van der Waals surface area (Å²) in [5, 5.41) is 4.23. The summed E-state index contributed by atoms with van der Waals surface area (Å²) < 4.78 is 7.67. The molecule has 0 aliphatic carbocycles. The number of aryl methyl sites for hydroxylation is 1. The van der Waals surface area contributed by atoms with E-state index in [-0.39, 0.29) is 18.1 Å².